The van der Waals surface area contributed by atoms with Crippen molar-refractivity contribution in [2.24, 2.45) is 0 Å². The lowest BCUT2D eigenvalue weighted by Crippen LogP contribution is -2.37. The molecule has 0 atom stereocenters. The van der Waals surface area contributed by atoms with Crippen LogP contribution < -0.4 is 0 Å². The highest BCUT2D eigenvalue weighted by Gasteiger charge is 2.35. The Balaban J connectivity index is 5.90. The molecular weight excluding hydrogens is 250 g/mol. The van der Waals surface area contributed by atoms with Crippen molar-refractivity contribution in [1.29, 1.82) is 0 Å². The molecule has 0 aromatic rings. The summed E-state index contributed by atoms with van der Waals surface area (Å²) < 4.78 is 2.06. The van der Waals surface area contributed by atoms with Gasteiger partial charge in [-0.2, -0.15) is 0 Å². The van der Waals surface area contributed by atoms with E-state index < -0.39 is 22.2 Å². The second-order valence-corrected chi connectivity index (χ2v) is 30.6. The maximum absolute atomic E-state index is 2.62. The predicted molar refractivity (Wildman–Crippen MR) is 89.2 cm³/mol. The monoisotopic (exact) mass is 280 g/mol. The maximum atomic E-state index is 2.62. The topological polar surface area (TPSA) is 0 Å². The van der Waals surface area contributed by atoms with E-state index >= 15 is 0 Å². The summed E-state index contributed by atoms with van der Waals surface area (Å²) in [4.78, 5) is 0. The lowest BCUT2D eigenvalue weighted by atomic mass is 11.7. The standard InChI is InChI=1S/C11H30P2Si2/c1-12(2)11(14(5,6)7)13(3,4)15(8,9)10/h1-10H3. The SMILES string of the molecule is CP(C)C([Si](C)(C)C)=P(C)(C)[Si](C)(C)C. The molecule has 0 fully saturated rings. The number of hydrogen-bond donors (Lipinski definition) is 0. The van der Waals surface area contributed by atoms with Crippen molar-refractivity contribution in [3.63, 3.8) is 0 Å². The third-order valence-corrected chi connectivity index (χ3v) is 31.6. The van der Waals surface area contributed by atoms with Crippen molar-refractivity contribution < 1.29 is 0 Å². The van der Waals surface area contributed by atoms with Gasteiger partial charge in [0.25, 0.3) is 0 Å². The number of hydrogen-bond acceptors (Lipinski definition) is 0. The van der Waals surface area contributed by atoms with Crippen LogP contribution in [-0.2, 0) is 0 Å². The highest BCUT2D eigenvalue weighted by atomic mass is 31.4. The highest BCUT2D eigenvalue weighted by molar-refractivity contribution is 8.17. The van der Waals surface area contributed by atoms with Crippen LogP contribution in [-0.4, -0.2) is 47.1 Å². The molecule has 4 heteroatoms. The first kappa shape index (κ1) is 16.2. The van der Waals surface area contributed by atoms with Gasteiger partial charge < -0.3 is 0 Å². The van der Waals surface area contributed by atoms with Gasteiger partial charge in [-0.1, -0.05) is 51.9 Å². The zero-order chi connectivity index (χ0) is 12.7. The summed E-state index contributed by atoms with van der Waals surface area (Å²) in [7, 11) is -1.90. The van der Waals surface area contributed by atoms with Crippen LogP contribution in [0.4, 0.5) is 0 Å². The van der Waals surface area contributed by atoms with Crippen molar-refractivity contribution in [1.82, 2.24) is 0 Å². The summed E-state index contributed by atoms with van der Waals surface area (Å²) in [5, 5.41) is 0. The van der Waals surface area contributed by atoms with E-state index in [0.29, 0.717) is 0 Å². The van der Waals surface area contributed by atoms with Gasteiger partial charge in [-0.3, -0.25) is 0 Å². The average Bonchev–Trinajstić information content (AvgIpc) is 1.76. The molecule has 0 aromatic heterocycles. The molecule has 0 aromatic carbocycles. The Kier molecular flexibility index (Phi) is 5.18. The lowest BCUT2D eigenvalue weighted by Gasteiger charge is -2.40. The Labute approximate surface area is 101 Å². The van der Waals surface area contributed by atoms with Crippen LogP contribution in [0.2, 0.25) is 39.3 Å². The molecule has 0 aliphatic rings. The van der Waals surface area contributed by atoms with Crippen LogP contribution in [0.3, 0.4) is 0 Å². The van der Waals surface area contributed by atoms with E-state index in [1.54, 1.807) is 0 Å². The van der Waals surface area contributed by atoms with E-state index in [0.717, 1.165) is 0 Å². The minimum absolute atomic E-state index is 0.158. The summed E-state index contributed by atoms with van der Waals surface area (Å²) in [5.41, 5.74) is 0. The fourth-order valence-corrected chi connectivity index (χ4v) is 31.5. The Morgan fingerprint density at radius 2 is 1.20 bits per heavy atom. The minimum Gasteiger partial charge on any atom is -0.120 e. The van der Waals surface area contributed by atoms with Gasteiger partial charge in [-0.15, -0.1) is 6.43 Å². The van der Waals surface area contributed by atoms with E-state index in [1.165, 1.54) is 0 Å². The Bertz CT molecular complexity index is 274. The number of rotatable bonds is 3. The van der Waals surface area contributed by atoms with Gasteiger partial charge in [0.15, 0.2) is 0 Å². The van der Waals surface area contributed by atoms with E-state index in [-0.39, 0.29) is 7.92 Å². The van der Waals surface area contributed by atoms with Crippen LogP contribution in [0.25, 0.3) is 0 Å². The molecule has 0 saturated carbocycles. The third-order valence-electron chi connectivity index (χ3n) is 3.30. The smallest absolute Gasteiger partial charge is 0.0778 e. The maximum Gasteiger partial charge on any atom is 0.0778 e. The molecular formula is C11H30P2Si2. The molecule has 92 valence electrons. The van der Waals surface area contributed by atoms with E-state index in [1.807, 2.05) is 0 Å². The molecule has 0 aliphatic heterocycles. The first-order valence-electron chi connectivity index (χ1n) is 5.71. The van der Waals surface area contributed by atoms with Crippen LogP contribution in [0, 0.1) is 0 Å². The van der Waals surface area contributed by atoms with Gasteiger partial charge in [-0.05, 0) is 26.7 Å². The van der Waals surface area contributed by atoms with E-state index in [2.05, 4.69) is 70.6 Å². The molecule has 0 bridgehead atoms. The summed E-state index contributed by atoms with van der Waals surface area (Å²) in [6.45, 7) is 25.5. The van der Waals surface area contributed by atoms with Gasteiger partial charge in [-0.25, -0.2) is 0 Å². The van der Waals surface area contributed by atoms with Crippen molar-refractivity contribution in [3.8, 4) is 0 Å². The second-order valence-electron chi connectivity index (χ2n) is 7.09. The van der Waals surface area contributed by atoms with Crippen LogP contribution in [0.1, 0.15) is 0 Å². The quantitative estimate of drug-likeness (QED) is 0.512. The lowest BCUT2D eigenvalue weighted by molar-refractivity contribution is 1.83. The van der Waals surface area contributed by atoms with E-state index in [4.69, 9.17) is 0 Å². The summed E-state index contributed by atoms with van der Waals surface area (Å²) >= 11 is 0. The highest BCUT2D eigenvalue weighted by Crippen LogP contribution is 2.58. The van der Waals surface area contributed by atoms with E-state index in [9.17, 15) is 0 Å². The molecule has 0 N–H and O–H groups in total. The van der Waals surface area contributed by atoms with Crippen LogP contribution in [0.5, 0.6) is 0 Å². The molecule has 0 spiro atoms. The zero-order valence-corrected chi connectivity index (χ0v) is 16.2. The fourth-order valence-electron chi connectivity index (χ4n) is 2.33. The van der Waals surface area contributed by atoms with Gasteiger partial charge >= 0.3 is 0 Å². The molecule has 0 nitrogen and oxygen atoms in total. The van der Waals surface area contributed by atoms with Crippen LogP contribution in [0.15, 0.2) is 0 Å². The molecule has 0 saturated heterocycles. The van der Waals surface area contributed by atoms with Crippen molar-refractivity contribution in [2.75, 3.05) is 26.7 Å². The predicted octanol–water partition coefficient (Wildman–Crippen LogP) is 4.85. The van der Waals surface area contributed by atoms with Crippen molar-refractivity contribution >= 4 is 34.8 Å². The fraction of sp³-hybridized carbons (Fsp3) is 0.909. The Hall–Kier alpha value is 1.16. The first-order valence-corrected chi connectivity index (χ1v) is 18.5. The van der Waals surface area contributed by atoms with Gasteiger partial charge in [0.2, 0.25) is 0 Å². The average molecular weight is 280 g/mol. The van der Waals surface area contributed by atoms with Gasteiger partial charge in [0.1, 0.15) is 0 Å². The molecule has 0 rings (SSSR count). The summed E-state index contributed by atoms with van der Waals surface area (Å²) in [5.74, 6) is 0. The molecule has 15 heavy (non-hydrogen) atoms. The normalized spacial score (nSPS) is 14.6. The summed E-state index contributed by atoms with van der Waals surface area (Å²) in [6, 6.07) is 0. The zero-order valence-electron chi connectivity index (χ0n) is 12.4. The largest absolute Gasteiger partial charge is 0.120 e. The molecule has 0 amide bonds. The first-order chi connectivity index (χ1) is 6.32. The Morgan fingerprint density at radius 1 is 0.867 bits per heavy atom. The molecule has 0 unspecified atom stereocenters. The van der Waals surface area contributed by atoms with Crippen molar-refractivity contribution in [2.45, 2.75) is 39.3 Å². The Morgan fingerprint density at radius 3 is 1.27 bits per heavy atom. The van der Waals surface area contributed by atoms with Crippen LogP contribution >= 0.6 is 14.4 Å². The van der Waals surface area contributed by atoms with Gasteiger partial charge in [0.05, 0.1) is 15.8 Å². The molecule has 0 heterocycles. The minimum atomic E-state index is -1.07. The second kappa shape index (κ2) is 4.80. The molecule has 0 radical (unpaired) electrons. The molecule has 0 aliphatic carbocycles. The third kappa shape index (κ3) is 3.84. The van der Waals surface area contributed by atoms with Crippen molar-refractivity contribution in [3.05, 3.63) is 0 Å². The van der Waals surface area contributed by atoms with Gasteiger partial charge in [0, 0.05) is 0 Å². The summed E-state index contributed by atoms with van der Waals surface area (Å²) in [6.07, 6.45) is -0.768.